The fraction of sp³-hybridized carbons (Fsp3) is 0.0612. The Hall–Kier alpha value is -6.38. The minimum absolute atomic E-state index is 0.107. The Morgan fingerprint density at radius 2 is 1.02 bits per heavy atom. The van der Waals surface area contributed by atoms with Crippen LogP contribution in [0.1, 0.15) is 64.7 Å². The highest BCUT2D eigenvalue weighted by atomic mass is 16.3. The average molecular weight is 683 g/mol. The average Bonchev–Trinajstić information content (AvgIpc) is 4.11. The van der Waals surface area contributed by atoms with E-state index in [0.717, 1.165) is 0 Å². The maximum absolute atomic E-state index is 9.95. The molecule has 0 saturated carbocycles. The molecule has 242 valence electrons. The molecule has 0 spiro atoms. The number of benzene rings is 8. The van der Waals surface area contributed by atoms with Gasteiger partial charge in [-0.25, -0.2) is 0 Å². The van der Waals surface area contributed by atoms with E-state index in [9.17, 15) is 16.4 Å². The molecule has 0 bridgehead atoms. The van der Waals surface area contributed by atoms with E-state index in [2.05, 4.69) is 0 Å². The second-order valence-electron chi connectivity index (χ2n) is 11.9. The van der Waals surface area contributed by atoms with Crippen molar-refractivity contribution in [1.29, 1.82) is 0 Å². The number of hydrogen-bond donors (Lipinski definition) is 0. The predicted molar refractivity (Wildman–Crippen MR) is 214 cm³/mol. The Kier molecular flexibility index (Phi) is 2.76. The van der Waals surface area contributed by atoms with Gasteiger partial charge in [-0.3, -0.25) is 0 Å². The Morgan fingerprint density at radius 1 is 0.431 bits per heavy atom. The molecule has 1 aliphatic rings. The lowest BCUT2D eigenvalue weighted by Crippen LogP contribution is -2.16. The number of para-hydroxylation sites is 1. The molecule has 0 atom stereocenters. The largest absolute Gasteiger partial charge is 0.455 e. The molecule has 2 heteroatoms. The molecule has 10 rings (SSSR count). The first-order valence-corrected chi connectivity index (χ1v) is 15.3. The maximum Gasteiger partial charge on any atom is 0.143 e. The van der Waals surface area contributed by atoms with Gasteiger partial charge < -0.3 is 9.32 Å². The molecular formula is C49H35NO. The third-order valence-electron chi connectivity index (χ3n) is 8.62. The third kappa shape index (κ3) is 4.64. The van der Waals surface area contributed by atoms with Crippen molar-refractivity contribution >= 4 is 49.8 Å². The quantitative estimate of drug-likeness (QED) is 0.180. The van der Waals surface area contributed by atoms with Gasteiger partial charge in [0.25, 0.3) is 0 Å². The number of rotatable bonds is 5. The van der Waals surface area contributed by atoms with Gasteiger partial charge in [0.1, 0.15) is 11.2 Å². The van der Waals surface area contributed by atoms with Crippen molar-refractivity contribution in [3.63, 3.8) is 0 Å². The fourth-order valence-corrected chi connectivity index (χ4v) is 6.17. The van der Waals surface area contributed by atoms with Crippen molar-refractivity contribution in [2.45, 2.75) is 19.3 Å². The zero-order chi connectivity index (χ0) is 59.3. The molecule has 9 aromatic rings. The molecule has 1 aliphatic carbocycles. The second kappa shape index (κ2) is 11.3. The number of anilines is 3. The Balaban J connectivity index is 1.37. The summed E-state index contributed by atoms with van der Waals surface area (Å²) in [5, 5.41) is -1.86. The van der Waals surface area contributed by atoms with Crippen LogP contribution in [0, 0.1) is 0 Å². The van der Waals surface area contributed by atoms with Crippen LogP contribution in [0.25, 0.3) is 66.1 Å². The van der Waals surface area contributed by atoms with E-state index in [0.29, 0.717) is 4.90 Å². The monoisotopic (exact) mass is 682 g/mol. The summed E-state index contributed by atoms with van der Waals surface area (Å²) in [6.07, 6.45) is 0. The normalized spacial score (nSPS) is 21.0. The van der Waals surface area contributed by atoms with Crippen LogP contribution in [0.15, 0.2) is 180 Å². The molecule has 0 N–H and O–H groups in total. The second-order valence-corrected chi connectivity index (χ2v) is 11.9. The summed E-state index contributed by atoms with van der Waals surface area (Å²) in [6, 6.07) is -26.5. The molecule has 0 fully saturated rings. The summed E-state index contributed by atoms with van der Waals surface area (Å²) in [6.45, 7) is 2.88. The SMILES string of the molecule is [2H]c1c([2H])c([2H])c(-c2c([2H])c([2H])c(N(c3c([2H])c([2H])c(-c4c([2H])c([2H])c([2H])c5c4oc4c6c([2H])c([2H])c([2H])c([2H])c6c([2H])c([2H])c45)c([2H])c3[2H])c3c([2H])c([2H])c4c(c3[2H])C(C)(C)c3c([2H])c([2H])c([2H])c([2H])c3-4)c([2H])c2[2H])c([2H])c1[2H]. The predicted octanol–water partition coefficient (Wildman–Crippen LogP) is 13.8. The number of nitrogens with zero attached hydrogens (tertiary/aromatic N) is 1. The number of fused-ring (bicyclic) bond motifs is 8. The van der Waals surface area contributed by atoms with Gasteiger partial charge in [-0.15, -0.1) is 0 Å². The van der Waals surface area contributed by atoms with Crippen molar-refractivity contribution in [3.05, 3.63) is 186 Å². The first kappa shape index (κ1) is 12.4. The molecule has 0 aliphatic heterocycles. The Labute approximate surface area is 338 Å². The maximum atomic E-state index is 9.95. The van der Waals surface area contributed by atoms with E-state index >= 15 is 0 Å². The van der Waals surface area contributed by atoms with E-state index < -0.39 is 253 Å². The minimum Gasteiger partial charge on any atom is -0.455 e. The van der Waals surface area contributed by atoms with Crippen LogP contribution < -0.4 is 4.90 Å². The minimum atomic E-state index is -1.67. The van der Waals surface area contributed by atoms with Gasteiger partial charge in [-0.2, -0.15) is 0 Å². The molecule has 1 aromatic heterocycles. The lowest BCUT2D eigenvalue weighted by Gasteiger charge is -2.28. The zero-order valence-corrected chi connectivity index (χ0v) is 26.4. The van der Waals surface area contributed by atoms with Crippen molar-refractivity contribution in [2.24, 2.45) is 0 Å². The first-order valence-electron chi connectivity index (χ1n) is 29.8. The van der Waals surface area contributed by atoms with Crippen LogP contribution >= 0.6 is 0 Å². The van der Waals surface area contributed by atoms with Gasteiger partial charge in [-0.05, 0) is 86.6 Å². The summed E-state index contributed by atoms with van der Waals surface area (Å²) in [5.41, 5.74) is -10.1. The molecule has 1 heterocycles. The Bertz CT molecular complexity index is 4360. The number of furan rings is 1. The van der Waals surface area contributed by atoms with Crippen LogP contribution in [-0.4, -0.2) is 0 Å². The van der Waals surface area contributed by atoms with E-state index in [4.69, 9.17) is 27.7 Å². The Morgan fingerprint density at radius 3 is 1.82 bits per heavy atom. The summed E-state index contributed by atoms with van der Waals surface area (Å²) in [7, 11) is 0. The molecule has 0 amide bonds. The molecule has 8 aromatic carbocycles. The van der Waals surface area contributed by atoms with Crippen molar-refractivity contribution in [3.8, 4) is 33.4 Å². The smallest absolute Gasteiger partial charge is 0.143 e. The highest BCUT2D eigenvalue weighted by Gasteiger charge is 2.35. The van der Waals surface area contributed by atoms with Crippen LogP contribution in [0.2, 0.25) is 0 Å². The van der Waals surface area contributed by atoms with Crippen LogP contribution in [0.5, 0.6) is 0 Å². The molecule has 2 nitrogen and oxygen atoms in total. The lowest BCUT2D eigenvalue weighted by atomic mass is 9.82. The highest BCUT2D eigenvalue weighted by molar-refractivity contribution is 6.17. The van der Waals surface area contributed by atoms with Crippen molar-refractivity contribution in [2.75, 3.05) is 4.90 Å². The van der Waals surface area contributed by atoms with E-state index in [1.165, 1.54) is 13.8 Å². The summed E-state index contributed by atoms with van der Waals surface area (Å²) < 4.78 is 267. The molecule has 0 unspecified atom stereocenters. The van der Waals surface area contributed by atoms with Gasteiger partial charge in [0.05, 0.1) is 39.8 Å². The number of hydrogen-bond acceptors (Lipinski definition) is 2. The highest BCUT2D eigenvalue weighted by Crippen LogP contribution is 2.51. The van der Waals surface area contributed by atoms with Gasteiger partial charge in [0, 0.05) is 44.2 Å². The van der Waals surface area contributed by atoms with E-state index in [1.54, 1.807) is 0 Å². The zero-order valence-electron chi connectivity index (χ0n) is 55.4. The van der Waals surface area contributed by atoms with Crippen molar-refractivity contribution < 1.29 is 44.2 Å². The first-order chi connectivity index (χ1) is 37.1. The third-order valence-corrected chi connectivity index (χ3v) is 8.62. The topological polar surface area (TPSA) is 16.4 Å². The molecular weight excluding hydrogens is 619 g/mol. The van der Waals surface area contributed by atoms with E-state index in [1.807, 2.05) is 0 Å². The van der Waals surface area contributed by atoms with Crippen LogP contribution in [0.4, 0.5) is 17.1 Å². The summed E-state index contributed by atoms with van der Waals surface area (Å²) >= 11 is 0. The standard InChI is InChI=1S/C49H35NO/c1-49(2)45-18-9-8-15-41(45)42-30-28-38(31-46(42)49)50(36-24-19-33(20-25-36)32-11-4-3-5-12-32)37-26-21-35(22-27-37)40-16-10-17-43-44-29-23-34-13-6-7-14-39(34)48(44)51-47(40)43/h3-31H,1-2H3/i3D,4D,5D,6D,7D,8D,9D,10D,11D,12D,13D,14D,15D,16D,17D,18D,19D,20D,21D,22D,23D,24D,25D,26D,27D,28D,29D,30D,31D. The lowest BCUT2D eigenvalue weighted by molar-refractivity contribution is 0.660. The fourth-order valence-electron chi connectivity index (χ4n) is 6.17. The van der Waals surface area contributed by atoms with Gasteiger partial charge in [0.2, 0.25) is 0 Å². The van der Waals surface area contributed by atoms with Gasteiger partial charge >= 0.3 is 0 Å². The van der Waals surface area contributed by atoms with Crippen molar-refractivity contribution in [1.82, 2.24) is 0 Å². The van der Waals surface area contributed by atoms with Gasteiger partial charge in [0.15, 0.2) is 0 Å². The molecule has 51 heavy (non-hydrogen) atoms. The summed E-state index contributed by atoms with van der Waals surface area (Å²) in [5.74, 6) is 0. The van der Waals surface area contributed by atoms with Crippen LogP contribution in [0.3, 0.4) is 0 Å². The molecule has 0 saturated heterocycles. The summed E-state index contributed by atoms with van der Waals surface area (Å²) in [4.78, 5) is 0.469. The molecule has 0 radical (unpaired) electrons. The van der Waals surface area contributed by atoms with Crippen LogP contribution in [-0.2, 0) is 5.41 Å². The van der Waals surface area contributed by atoms with Gasteiger partial charge in [-0.1, -0.05) is 147 Å². The van der Waals surface area contributed by atoms with E-state index in [-0.39, 0.29) is 22.3 Å².